The largest absolute Gasteiger partial charge is 0.504 e. The smallest absolute Gasteiger partial charge is 0.448 e. The van der Waals surface area contributed by atoms with E-state index in [1.54, 1.807) is 0 Å². The molecule has 3 aliphatic carbocycles. The van der Waals surface area contributed by atoms with Gasteiger partial charge in [-0.3, -0.25) is 0 Å². The summed E-state index contributed by atoms with van der Waals surface area (Å²) in [6.07, 6.45) is -0.0551. The summed E-state index contributed by atoms with van der Waals surface area (Å²) in [5, 5.41) is 9.94. The molecule has 3 aliphatic rings. The van der Waals surface area contributed by atoms with Crippen molar-refractivity contribution < 1.29 is 18.3 Å². The molecule has 4 heteroatoms. The van der Waals surface area contributed by atoms with E-state index in [0.29, 0.717) is 5.92 Å². The monoisotopic (exact) mass is 314 g/mol. The molecule has 0 heterocycles. The van der Waals surface area contributed by atoms with Gasteiger partial charge in [0.2, 0.25) is 5.76 Å². The van der Waals surface area contributed by atoms with Crippen LogP contribution in [-0.2, 0) is 0 Å². The zero-order valence-corrected chi connectivity index (χ0v) is 13.9. The van der Waals surface area contributed by atoms with Gasteiger partial charge in [0.1, 0.15) is 0 Å². The first kappa shape index (κ1) is 15.9. The second-order valence-electron chi connectivity index (χ2n) is 8.47. The maximum absolute atomic E-state index is 13.2. The minimum atomic E-state index is -4.66. The van der Waals surface area contributed by atoms with Crippen LogP contribution in [0.2, 0.25) is 0 Å². The van der Waals surface area contributed by atoms with Crippen molar-refractivity contribution in [3.63, 3.8) is 0 Å². The summed E-state index contributed by atoms with van der Waals surface area (Å²) >= 11 is 0. The summed E-state index contributed by atoms with van der Waals surface area (Å²) in [6, 6.07) is 0. The van der Waals surface area contributed by atoms with Crippen LogP contribution in [0.15, 0.2) is 23.0 Å². The van der Waals surface area contributed by atoms with E-state index in [1.807, 2.05) is 6.08 Å². The van der Waals surface area contributed by atoms with E-state index in [0.717, 1.165) is 24.8 Å². The molecule has 0 aromatic rings. The molecule has 0 aromatic heterocycles. The number of rotatable bonds is 2. The number of aliphatic hydroxyl groups excluding tert-OH is 1. The Morgan fingerprint density at radius 2 is 1.86 bits per heavy atom. The normalized spacial score (nSPS) is 43.0. The van der Waals surface area contributed by atoms with Crippen molar-refractivity contribution in [3.05, 3.63) is 23.0 Å². The Morgan fingerprint density at radius 1 is 1.27 bits per heavy atom. The Morgan fingerprint density at radius 3 is 2.27 bits per heavy atom. The molecule has 124 valence electrons. The molecule has 0 saturated heterocycles. The van der Waals surface area contributed by atoms with Crippen LogP contribution in [0.4, 0.5) is 13.2 Å². The molecule has 3 atom stereocenters. The van der Waals surface area contributed by atoms with Gasteiger partial charge in [-0.05, 0) is 47.0 Å². The van der Waals surface area contributed by atoms with Crippen molar-refractivity contribution in [2.75, 3.05) is 0 Å². The lowest BCUT2D eigenvalue weighted by Gasteiger charge is -2.50. The molecule has 0 radical (unpaired) electrons. The topological polar surface area (TPSA) is 20.2 Å². The Kier molecular flexibility index (Phi) is 2.99. The summed E-state index contributed by atoms with van der Waals surface area (Å²) in [5.74, 6) is -1.11. The van der Waals surface area contributed by atoms with Gasteiger partial charge in [-0.1, -0.05) is 40.7 Å². The van der Waals surface area contributed by atoms with Crippen molar-refractivity contribution in [2.45, 2.75) is 60.1 Å². The fourth-order valence-corrected chi connectivity index (χ4v) is 5.66. The van der Waals surface area contributed by atoms with Crippen LogP contribution in [0.1, 0.15) is 53.9 Å². The zero-order valence-electron chi connectivity index (χ0n) is 13.9. The molecule has 1 spiro atoms. The first-order valence-electron chi connectivity index (χ1n) is 8.12. The fraction of sp³-hybridized carbons (Fsp3) is 0.778. The quantitative estimate of drug-likeness (QED) is 0.640. The van der Waals surface area contributed by atoms with E-state index in [4.69, 9.17) is 0 Å². The molecule has 22 heavy (non-hydrogen) atoms. The molecule has 0 aliphatic heterocycles. The van der Waals surface area contributed by atoms with Gasteiger partial charge >= 0.3 is 6.18 Å². The van der Waals surface area contributed by atoms with Gasteiger partial charge in [0.15, 0.2) is 0 Å². The first-order valence-corrected chi connectivity index (χ1v) is 8.12. The molecule has 3 fully saturated rings. The van der Waals surface area contributed by atoms with Crippen molar-refractivity contribution in [3.8, 4) is 0 Å². The van der Waals surface area contributed by atoms with Gasteiger partial charge in [-0.25, -0.2) is 0 Å². The van der Waals surface area contributed by atoms with Crippen LogP contribution in [0.5, 0.6) is 0 Å². The molecular weight excluding hydrogens is 289 g/mol. The third-order valence-electron chi connectivity index (χ3n) is 6.78. The number of aliphatic hydroxyl groups is 1. The molecule has 1 nitrogen and oxygen atoms in total. The van der Waals surface area contributed by atoms with Gasteiger partial charge in [0.05, 0.1) is 0 Å². The lowest BCUT2D eigenvalue weighted by Crippen LogP contribution is -2.42. The predicted octanol–water partition coefficient (Wildman–Crippen LogP) is 5.79. The molecular formula is C18H25F3O. The summed E-state index contributed by atoms with van der Waals surface area (Å²) < 4.78 is 39.5. The Balaban J connectivity index is 2.16. The maximum Gasteiger partial charge on any atom is 0.448 e. The Labute approximate surface area is 130 Å². The van der Waals surface area contributed by atoms with E-state index in [2.05, 4.69) is 34.6 Å². The summed E-state index contributed by atoms with van der Waals surface area (Å²) in [6.45, 7) is 10.3. The highest BCUT2D eigenvalue weighted by molar-refractivity contribution is 5.61. The molecule has 0 aromatic carbocycles. The number of halogens is 3. The van der Waals surface area contributed by atoms with Crippen molar-refractivity contribution >= 4 is 0 Å². The predicted molar refractivity (Wildman–Crippen MR) is 80.3 cm³/mol. The highest BCUT2D eigenvalue weighted by Crippen LogP contribution is 2.93. The number of allylic oxidation sites excluding steroid dienone is 4. The standard InChI is InChI=1S/C18H25F3O/c1-10(2)6-7-11-12(14(22)18(19,20)21)13-15(3,4)17(13)9-8-16(11,17)5/h7,10,13,22H,6,8-9H2,1-5H3/b11-7?,14-12+. The van der Waals surface area contributed by atoms with Gasteiger partial charge < -0.3 is 5.11 Å². The average Bonchev–Trinajstić information content (AvgIpc) is 2.84. The van der Waals surface area contributed by atoms with Crippen LogP contribution in [-0.4, -0.2) is 11.3 Å². The summed E-state index contributed by atoms with van der Waals surface area (Å²) in [7, 11) is 0. The lowest BCUT2D eigenvalue weighted by atomic mass is 9.53. The van der Waals surface area contributed by atoms with Gasteiger partial charge in [0, 0.05) is 11.5 Å². The van der Waals surface area contributed by atoms with Crippen LogP contribution in [0, 0.1) is 28.1 Å². The minimum Gasteiger partial charge on any atom is -0.504 e. The second kappa shape index (κ2) is 4.12. The molecule has 0 amide bonds. The van der Waals surface area contributed by atoms with Crippen molar-refractivity contribution in [1.29, 1.82) is 0 Å². The average molecular weight is 314 g/mol. The molecule has 1 N–H and O–H groups in total. The number of hydrogen-bond acceptors (Lipinski definition) is 1. The molecule has 3 unspecified atom stereocenters. The van der Waals surface area contributed by atoms with Gasteiger partial charge in [-0.2, -0.15) is 13.2 Å². The van der Waals surface area contributed by atoms with Crippen molar-refractivity contribution in [2.24, 2.45) is 28.1 Å². The highest BCUT2D eigenvalue weighted by Gasteiger charge is 2.87. The second-order valence-corrected chi connectivity index (χ2v) is 8.47. The molecule has 3 rings (SSSR count). The van der Waals surface area contributed by atoms with Crippen LogP contribution in [0.25, 0.3) is 0 Å². The zero-order chi connectivity index (χ0) is 16.7. The van der Waals surface area contributed by atoms with E-state index in [9.17, 15) is 18.3 Å². The van der Waals surface area contributed by atoms with E-state index in [1.165, 1.54) is 0 Å². The van der Waals surface area contributed by atoms with Gasteiger partial charge in [-0.15, -0.1) is 0 Å². The Hall–Kier alpha value is -0.930. The number of hydrogen-bond donors (Lipinski definition) is 1. The van der Waals surface area contributed by atoms with Crippen LogP contribution < -0.4 is 0 Å². The lowest BCUT2D eigenvalue weighted by molar-refractivity contribution is -0.121. The number of alkyl halides is 3. The minimum absolute atomic E-state index is 0.0720. The molecule has 0 bridgehead atoms. The van der Waals surface area contributed by atoms with E-state index < -0.39 is 11.9 Å². The third kappa shape index (κ3) is 1.57. The third-order valence-corrected chi connectivity index (χ3v) is 6.78. The van der Waals surface area contributed by atoms with Crippen LogP contribution in [0.3, 0.4) is 0 Å². The SMILES string of the molecule is CC(C)CC=C1/C(=C(\O)C(F)(F)F)C2C(C)(C)C23CCC13C. The maximum atomic E-state index is 13.2. The molecule has 3 saturated carbocycles. The summed E-state index contributed by atoms with van der Waals surface area (Å²) in [5.41, 5.74) is 0.538. The van der Waals surface area contributed by atoms with Crippen LogP contribution >= 0.6 is 0 Å². The highest BCUT2D eigenvalue weighted by atomic mass is 19.4. The van der Waals surface area contributed by atoms with E-state index in [-0.39, 0.29) is 27.7 Å². The van der Waals surface area contributed by atoms with Crippen molar-refractivity contribution in [1.82, 2.24) is 0 Å². The Bertz CT molecular complexity index is 582. The van der Waals surface area contributed by atoms with Gasteiger partial charge in [0.25, 0.3) is 0 Å². The van der Waals surface area contributed by atoms with E-state index >= 15 is 0 Å². The first-order chi connectivity index (χ1) is 9.91. The fourth-order valence-electron chi connectivity index (χ4n) is 5.66. The summed E-state index contributed by atoms with van der Waals surface area (Å²) in [4.78, 5) is 0.